The minimum atomic E-state index is -0.880. The summed E-state index contributed by atoms with van der Waals surface area (Å²) >= 11 is 0. The maximum atomic E-state index is 16.6. The number of aliphatic hydroxyl groups is 1. The van der Waals surface area contributed by atoms with Crippen molar-refractivity contribution in [1.82, 2.24) is 19.9 Å². The lowest BCUT2D eigenvalue weighted by Gasteiger charge is -2.45. The predicted molar refractivity (Wildman–Crippen MR) is 157 cm³/mol. The van der Waals surface area contributed by atoms with E-state index >= 15 is 4.39 Å². The highest BCUT2D eigenvalue weighted by Crippen LogP contribution is 2.43. The van der Waals surface area contributed by atoms with Crippen LogP contribution in [0.4, 0.5) is 14.6 Å². The molecule has 3 aliphatic heterocycles. The Labute approximate surface area is 243 Å². The first-order valence-electron chi connectivity index (χ1n) is 14.7. The van der Waals surface area contributed by atoms with Crippen LogP contribution < -0.4 is 9.64 Å². The van der Waals surface area contributed by atoms with Crippen LogP contribution in [0.1, 0.15) is 45.6 Å². The topological polar surface area (TPSA) is 94.8 Å². The predicted octanol–water partition coefficient (Wildman–Crippen LogP) is 5.22. The maximum Gasteiger partial charge on any atom is 0.319 e. The van der Waals surface area contributed by atoms with Crippen LogP contribution in [-0.4, -0.2) is 74.0 Å². The molecule has 4 aromatic rings. The lowest BCUT2D eigenvalue weighted by Crippen LogP contribution is -2.60. The van der Waals surface area contributed by atoms with Gasteiger partial charge in [-0.1, -0.05) is 19.9 Å². The van der Waals surface area contributed by atoms with Crippen molar-refractivity contribution in [3.63, 3.8) is 0 Å². The van der Waals surface area contributed by atoms with E-state index in [0.29, 0.717) is 59.6 Å². The average Bonchev–Trinajstić information content (AvgIpc) is 3.46. The molecular weight excluding hydrogens is 540 g/mol. The van der Waals surface area contributed by atoms with E-state index < -0.39 is 17.2 Å². The molecule has 2 N–H and O–H groups in total. The summed E-state index contributed by atoms with van der Waals surface area (Å²) in [7, 11) is 0. The molecule has 0 bridgehead atoms. The fourth-order valence-corrected chi connectivity index (χ4v) is 7.49. The largest absolute Gasteiger partial charge is 0.508 e. The van der Waals surface area contributed by atoms with Gasteiger partial charge in [0.2, 0.25) is 0 Å². The molecule has 8 nitrogen and oxygen atoms in total. The molecule has 0 amide bonds. The van der Waals surface area contributed by atoms with Crippen molar-refractivity contribution in [3.8, 4) is 23.0 Å². The third-order valence-electron chi connectivity index (χ3n) is 9.24. The summed E-state index contributed by atoms with van der Waals surface area (Å²) in [5, 5.41) is 22.4. The number of nitrogens with zero attached hydrogens (tertiary/aromatic N) is 5. The van der Waals surface area contributed by atoms with Crippen molar-refractivity contribution in [2.75, 3.05) is 37.7 Å². The Balaban J connectivity index is 1.37. The Kier molecular flexibility index (Phi) is 6.29. The summed E-state index contributed by atoms with van der Waals surface area (Å²) in [6.07, 6.45) is 5.08. The minimum absolute atomic E-state index is 0.0260. The highest BCUT2D eigenvalue weighted by atomic mass is 19.1. The summed E-state index contributed by atoms with van der Waals surface area (Å²) in [4.78, 5) is 18.1. The number of phenolic OH excluding ortho intramolecular Hbond substituents is 1. The zero-order valence-electron chi connectivity index (χ0n) is 24.1. The van der Waals surface area contributed by atoms with Crippen LogP contribution in [0.2, 0.25) is 0 Å². The lowest BCUT2D eigenvalue weighted by molar-refractivity contribution is 0.0305. The number of ether oxygens (including phenoxy) is 1. The van der Waals surface area contributed by atoms with E-state index in [4.69, 9.17) is 9.72 Å². The average molecular weight is 576 g/mol. The van der Waals surface area contributed by atoms with Gasteiger partial charge >= 0.3 is 6.01 Å². The van der Waals surface area contributed by atoms with Gasteiger partial charge in [-0.2, -0.15) is 9.97 Å². The van der Waals surface area contributed by atoms with Crippen molar-refractivity contribution in [1.29, 1.82) is 0 Å². The van der Waals surface area contributed by atoms with Crippen molar-refractivity contribution >= 4 is 27.5 Å². The number of benzene rings is 2. The smallest absolute Gasteiger partial charge is 0.319 e. The van der Waals surface area contributed by atoms with Gasteiger partial charge in [-0.05, 0) is 79.6 Å². The number of phenols is 1. The van der Waals surface area contributed by atoms with E-state index in [1.807, 2.05) is 11.8 Å². The first kappa shape index (κ1) is 27.2. The van der Waals surface area contributed by atoms with Gasteiger partial charge in [-0.15, -0.1) is 0 Å². The monoisotopic (exact) mass is 575 g/mol. The molecule has 0 unspecified atom stereocenters. The fourth-order valence-electron chi connectivity index (χ4n) is 7.49. The van der Waals surface area contributed by atoms with Crippen LogP contribution in [0.25, 0.3) is 32.9 Å². The number of fused-ring (bicyclic) bond motifs is 3. The molecule has 2 atom stereocenters. The summed E-state index contributed by atoms with van der Waals surface area (Å²) in [6, 6.07) is 5.95. The van der Waals surface area contributed by atoms with Crippen molar-refractivity contribution < 1.29 is 23.7 Å². The number of aromatic nitrogens is 3. The molecule has 3 aliphatic rings. The summed E-state index contributed by atoms with van der Waals surface area (Å²) in [5.74, 6) is -0.159. The van der Waals surface area contributed by atoms with E-state index in [1.165, 1.54) is 24.4 Å². The Hall–Kier alpha value is -3.63. The molecule has 220 valence electrons. The Morgan fingerprint density at radius 2 is 1.98 bits per heavy atom. The van der Waals surface area contributed by atoms with Crippen LogP contribution in [0.3, 0.4) is 0 Å². The van der Waals surface area contributed by atoms with E-state index in [-0.39, 0.29) is 34.1 Å². The number of halogens is 2. The van der Waals surface area contributed by atoms with Crippen molar-refractivity contribution in [2.24, 2.45) is 5.92 Å². The number of rotatable bonds is 6. The molecule has 0 spiro atoms. The van der Waals surface area contributed by atoms with Gasteiger partial charge in [0.05, 0.1) is 16.5 Å². The normalized spacial score (nSPS) is 23.5. The maximum absolute atomic E-state index is 16.6. The number of aromatic hydroxyl groups is 1. The summed E-state index contributed by atoms with van der Waals surface area (Å²) in [6.45, 7) is 8.98. The third kappa shape index (κ3) is 4.34. The van der Waals surface area contributed by atoms with Crippen LogP contribution in [0.5, 0.6) is 11.8 Å². The van der Waals surface area contributed by atoms with Gasteiger partial charge in [-0.3, -0.25) is 9.88 Å². The summed E-state index contributed by atoms with van der Waals surface area (Å²) < 4.78 is 37.7. The molecular formula is C32H35F2N5O3. The molecule has 0 radical (unpaired) electrons. The second kappa shape index (κ2) is 9.70. The van der Waals surface area contributed by atoms with Gasteiger partial charge in [0.1, 0.15) is 35.2 Å². The molecule has 3 saturated heterocycles. The molecule has 42 heavy (non-hydrogen) atoms. The third-order valence-corrected chi connectivity index (χ3v) is 9.24. The molecule has 3 fully saturated rings. The standard InChI is InChI=1S/C32H35F2N5O3/c1-4-21-24(33)7-6-19-10-20(40)11-22(25(19)21)27-26(34)28-23(13-35-27)29(38-15-31(3,41)16-38)37-30(36-28)42-17-32-8-5-9-39(32)14-18(2)12-32/h6-7,10-11,13,18,40-41H,4-5,8-9,12,14-17H2,1-3H3/t18-,32+/m1/s1. The minimum Gasteiger partial charge on any atom is -0.508 e. The number of anilines is 1. The quantitative estimate of drug-likeness (QED) is 0.324. The van der Waals surface area contributed by atoms with Crippen molar-refractivity contribution in [2.45, 2.75) is 57.6 Å². The van der Waals surface area contributed by atoms with E-state index in [1.54, 1.807) is 13.0 Å². The zero-order valence-corrected chi connectivity index (χ0v) is 24.1. The Morgan fingerprint density at radius 3 is 2.74 bits per heavy atom. The molecule has 10 heteroatoms. The van der Waals surface area contributed by atoms with Gasteiger partial charge in [0.25, 0.3) is 0 Å². The molecule has 2 aromatic heterocycles. The van der Waals surface area contributed by atoms with Gasteiger partial charge in [0.15, 0.2) is 5.82 Å². The lowest BCUT2D eigenvalue weighted by atomic mass is 9.92. The first-order valence-corrected chi connectivity index (χ1v) is 14.7. The number of pyridine rings is 1. The van der Waals surface area contributed by atoms with E-state index in [0.717, 1.165) is 32.4 Å². The molecule has 0 saturated carbocycles. The van der Waals surface area contributed by atoms with Crippen LogP contribution in [0.15, 0.2) is 30.5 Å². The Bertz CT molecular complexity index is 1720. The molecule has 0 aliphatic carbocycles. The highest BCUT2D eigenvalue weighted by molar-refractivity contribution is 6.01. The van der Waals surface area contributed by atoms with Crippen LogP contribution in [-0.2, 0) is 6.42 Å². The molecule has 5 heterocycles. The van der Waals surface area contributed by atoms with Gasteiger partial charge in [0, 0.05) is 31.4 Å². The van der Waals surface area contributed by atoms with Crippen molar-refractivity contribution in [3.05, 3.63) is 47.7 Å². The Morgan fingerprint density at radius 1 is 1.17 bits per heavy atom. The first-order chi connectivity index (χ1) is 20.1. The van der Waals surface area contributed by atoms with E-state index in [2.05, 4.69) is 21.8 Å². The fraction of sp³-hybridized carbons (Fsp3) is 0.469. The number of hydrogen-bond donors (Lipinski definition) is 2. The second-order valence-electron chi connectivity index (χ2n) is 12.7. The molecule has 2 aromatic carbocycles. The second-order valence-corrected chi connectivity index (χ2v) is 12.7. The molecule has 7 rings (SSSR count). The number of aryl methyl sites for hydroxylation is 1. The van der Waals surface area contributed by atoms with Crippen LogP contribution in [0, 0.1) is 17.6 Å². The highest BCUT2D eigenvalue weighted by Gasteiger charge is 2.48. The van der Waals surface area contributed by atoms with E-state index in [9.17, 15) is 14.6 Å². The van der Waals surface area contributed by atoms with Gasteiger partial charge < -0.3 is 19.8 Å². The number of β-amino-alcohol motifs (C(OH)–C–C–N with tert-alkyl or cyclic N) is 1. The SMILES string of the molecule is CCc1c(F)ccc2cc(O)cc(-c3ncc4c(N5CC(C)(O)C5)nc(OC[C@@]56CCCN5C[C@H](C)C6)nc4c3F)c12. The van der Waals surface area contributed by atoms with Crippen LogP contribution >= 0.6 is 0 Å². The van der Waals surface area contributed by atoms with Gasteiger partial charge in [-0.25, -0.2) is 8.78 Å². The number of hydrogen-bond acceptors (Lipinski definition) is 8. The zero-order chi connectivity index (χ0) is 29.4. The summed E-state index contributed by atoms with van der Waals surface area (Å²) in [5.41, 5.74) is -0.255.